The van der Waals surface area contributed by atoms with Gasteiger partial charge in [0.25, 0.3) is 0 Å². The molecule has 0 unspecified atom stereocenters. The fourth-order valence-electron chi connectivity index (χ4n) is 1.95. The molecule has 0 saturated heterocycles. The van der Waals surface area contributed by atoms with Crippen LogP contribution in [0.3, 0.4) is 0 Å². The van der Waals surface area contributed by atoms with E-state index in [4.69, 9.17) is 5.90 Å². The molecule has 1 aliphatic heterocycles. The second-order valence-electron chi connectivity index (χ2n) is 3.90. The summed E-state index contributed by atoms with van der Waals surface area (Å²) in [6, 6.07) is 8.28. The van der Waals surface area contributed by atoms with Crippen LogP contribution in [0.2, 0.25) is 0 Å². The first-order valence-corrected chi connectivity index (χ1v) is 5.48. The quantitative estimate of drug-likeness (QED) is 0.762. The van der Waals surface area contributed by atoms with Crippen molar-refractivity contribution in [3.8, 4) is 0 Å². The molecule has 1 aromatic carbocycles. The highest BCUT2D eigenvalue weighted by Crippen LogP contribution is 2.15. The van der Waals surface area contributed by atoms with Crippen molar-refractivity contribution in [2.24, 2.45) is 10.9 Å². The molecule has 0 bridgehead atoms. The van der Waals surface area contributed by atoms with Crippen LogP contribution in [0.4, 0.5) is 0 Å². The largest absolute Gasteiger partial charge is 0.358 e. The average Bonchev–Trinajstić information content (AvgIpc) is 2.73. The summed E-state index contributed by atoms with van der Waals surface area (Å²) in [5.74, 6) is 6.14. The molecule has 4 nitrogen and oxygen atoms in total. The zero-order valence-corrected chi connectivity index (χ0v) is 9.52. The Bertz CT molecular complexity index is 390. The highest BCUT2D eigenvalue weighted by atomic mass is 16.6. The summed E-state index contributed by atoms with van der Waals surface area (Å²) in [5, 5.41) is 0. The van der Waals surface area contributed by atoms with Gasteiger partial charge < -0.3 is 9.74 Å². The number of amidine groups is 1. The zero-order chi connectivity index (χ0) is 11.4. The third-order valence-corrected chi connectivity index (χ3v) is 2.81. The summed E-state index contributed by atoms with van der Waals surface area (Å²) >= 11 is 0. The minimum Gasteiger partial charge on any atom is -0.358 e. The van der Waals surface area contributed by atoms with Crippen molar-refractivity contribution < 1.29 is 4.84 Å². The number of hydrogen-bond acceptors (Lipinski definition) is 4. The van der Waals surface area contributed by atoms with Crippen molar-refractivity contribution >= 4 is 5.84 Å². The lowest BCUT2D eigenvalue weighted by molar-refractivity contribution is 0.141. The molecular formula is C12H17N3O. The van der Waals surface area contributed by atoms with Gasteiger partial charge in [-0.05, 0) is 12.0 Å². The van der Waals surface area contributed by atoms with Crippen LogP contribution in [-0.4, -0.2) is 37.5 Å². The molecule has 0 spiro atoms. The van der Waals surface area contributed by atoms with Crippen molar-refractivity contribution in [2.45, 2.75) is 6.42 Å². The topological polar surface area (TPSA) is 50.8 Å². The molecule has 2 rings (SSSR count). The van der Waals surface area contributed by atoms with Gasteiger partial charge >= 0.3 is 0 Å². The predicted molar refractivity (Wildman–Crippen MR) is 64.3 cm³/mol. The summed E-state index contributed by atoms with van der Waals surface area (Å²) < 4.78 is 0. The Morgan fingerprint density at radius 2 is 2.25 bits per heavy atom. The van der Waals surface area contributed by atoms with Crippen LogP contribution < -0.4 is 5.90 Å². The lowest BCUT2D eigenvalue weighted by atomic mass is 10.0. The number of hydrogen-bond donors (Lipinski definition) is 1. The third-order valence-electron chi connectivity index (χ3n) is 2.81. The summed E-state index contributed by atoms with van der Waals surface area (Å²) in [4.78, 5) is 11.3. The lowest BCUT2D eigenvalue weighted by Crippen LogP contribution is -2.24. The van der Waals surface area contributed by atoms with Crippen molar-refractivity contribution in [3.63, 3.8) is 0 Å². The Morgan fingerprint density at radius 3 is 2.94 bits per heavy atom. The summed E-state index contributed by atoms with van der Waals surface area (Å²) in [6.45, 7) is 2.42. The molecule has 16 heavy (non-hydrogen) atoms. The molecule has 0 saturated carbocycles. The molecule has 1 heterocycles. The molecule has 0 aliphatic carbocycles. The number of likely N-dealkylation sites (N-methyl/N-ethyl adjacent to an activating group) is 1. The summed E-state index contributed by atoms with van der Waals surface area (Å²) in [6.07, 6.45) is 0.819. The maximum atomic E-state index is 5.07. The highest BCUT2D eigenvalue weighted by Gasteiger charge is 2.16. The number of rotatable bonds is 4. The van der Waals surface area contributed by atoms with E-state index in [0.29, 0.717) is 6.61 Å². The van der Waals surface area contributed by atoms with Gasteiger partial charge in [-0.25, -0.2) is 5.90 Å². The van der Waals surface area contributed by atoms with Gasteiger partial charge in [-0.15, -0.1) is 0 Å². The van der Waals surface area contributed by atoms with Crippen molar-refractivity contribution in [1.82, 2.24) is 4.90 Å². The maximum Gasteiger partial charge on any atom is 0.131 e. The fraction of sp³-hybridized carbons (Fsp3) is 0.417. The van der Waals surface area contributed by atoms with E-state index in [-0.39, 0.29) is 0 Å². The SMILES string of the molecule is CN1CCN=C1c1ccccc1CCON. The van der Waals surface area contributed by atoms with Gasteiger partial charge in [0.15, 0.2) is 0 Å². The lowest BCUT2D eigenvalue weighted by Gasteiger charge is -2.16. The molecule has 4 heteroatoms. The van der Waals surface area contributed by atoms with Crippen molar-refractivity contribution in [3.05, 3.63) is 35.4 Å². The molecule has 2 N–H and O–H groups in total. The Kier molecular flexibility index (Phi) is 3.54. The molecule has 1 aromatic rings. The minimum absolute atomic E-state index is 0.536. The van der Waals surface area contributed by atoms with Gasteiger partial charge in [0.1, 0.15) is 5.84 Å². The molecule has 0 atom stereocenters. The van der Waals surface area contributed by atoms with Gasteiger partial charge in [0.05, 0.1) is 13.2 Å². The van der Waals surface area contributed by atoms with Crippen LogP contribution in [0.25, 0.3) is 0 Å². The van der Waals surface area contributed by atoms with Crippen LogP contribution in [-0.2, 0) is 11.3 Å². The monoisotopic (exact) mass is 219 g/mol. The Balaban J connectivity index is 2.25. The number of nitrogens with zero attached hydrogens (tertiary/aromatic N) is 2. The standard InChI is InChI=1S/C12H17N3O/c1-15-8-7-14-12(15)11-5-3-2-4-10(11)6-9-16-13/h2-5H,6-9,13H2,1H3. The van der Waals surface area contributed by atoms with Crippen LogP contribution in [0.5, 0.6) is 0 Å². The van der Waals surface area contributed by atoms with Gasteiger partial charge in [0, 0.05) is 19.2 Å². The van der Waals surface area contributed by atoms with Crippen LogP contribution in [0.1, 0.15) is 11.1 Å². The Morgan fingerprint density at radius 1 is 1.44 bits per heavy atom. The summed E-state index contributed by atoms with van der Waals surface area (Å²) in [5.41, 5.74) is 2.43. The van der Waals surface area contributed by atoms with E-state index in [1.165, 1.54) is 11.1 Å². The number of nitrogens with two attached hydrogens (primary N) is 1. The van der Waals surface area contributed by atoms with E-state index in [1.807, 2.05) is 12.1 Å². The first-order valence-electron chi connectivity index (χ1n) is 5.48. The molecule has 0 radical (unpaired) electrons. The second-order valence-corrected chi connectivity index (χ2v) is 3.90. The molecule has 86 valence electrons. The van der Waals surface area contributed by atoms with E-state index in [1.54, 1.807) is 0 Å². The van der Waals surface area contributed by atoms with Gasteiger partial charge in [-0.1, -0.05) is 24.3 Å². The van der Waals surface area contributed by atoms with Crippen molar-refractivity contribution in [1.29, 1.82) is 0 Å². The molecule has 1 aliphatic rings. The molecule has 0 aromatic heterocycles. The Hall–Kier alpha value is -1.39. The van der Waals surface area contributed by atoms with E-state index in [0.717, 1.165) is 25.3 Å². The third kappa shape index (κ3) is 2.23. The smallest absolute Gasteiger partial charge is 0.131 e. The van der Waals surface area contributed by atoms with Crippen LogP contribution >= 0.6 is 0 Å². The average molecular weight is 219 g/mol. The molecule has 0 fully saturated rings. The first-order chi connectivity index (χ1) is 7.83. The maximum absolute atomic E-state index is 5.07. The van der Waals surface area contributed by atoms with Crippen LogP contribution in [0.15, 0.2) is 29.3 Å². The fourth-order valence-corrected chi connectivity index (χ4v) is 1.95. The first kappa shape index (κ1) is 11.1. The Labute approximate surface area is 95.7 Å². The second kappa shape index (κ2) is 5.09. The van der Waals surface area contributed by atoms with E-state index < -0.39 is 0 Å². The number of benzene rings is 1. The minimum atomic E-state index is 0.536. The van der Waals surface area contributed by atoms with Crippen molar-refractivity contribution in [2.75, 3.05) is 26.7 Å². The van der Waals surface area contributed by atoms with Gasteiger partial charge in [0.2, 0.25) is 0 Å². The number of aliphatic imine (C=N–C) groups is 1. The van der Waals surface area contributed by atoms with Gasteiger partial charge in [-0.3, -0.25) is 4.99 Å². The molecule has 0 amide bonds. The van der Waals surface area contributed by atoms with E-state index in [2.05, 4.69) is 33.9 Å². The molecular weight excluding hydrogens is 202 g/mol. The van der Waals surface area contributed by atoms with Gasteiger partial charge in [-0.2, -0.15) is 0 Å². The van der Waals surface area contributed by atoms with E-state index >= 15 is 0 Å². The van der Waals surface area contributed by atoms with Crippen LogP contribution in [0, 0.1) is 0 Å². The zero-order valence-electron chi connectivity index (χ0n) is 9.52. The predicted octanol–water partition coefficient (Wildman–Crippen LogP) is 0.811. The summed E-state index contributed by atoms with van der Waals surface area (Å²) in [7, 11) is 2.07. The van der Waals surface area contributed by atoms with E-state index in [9.17, 15) is 0 Å². The normalized spacial score (nSPS) is 15.4. The highest BCUT2D eigenvalue weighted by molar-refractivity contribution is 6.00.